The molecule has 2 rings (SSSR count). The van der Waals surface area contributed by atoms with E-state index in [9.17, 15) is 25.2 Å². The van der Waals surface area contributed by atoms with Crippen molar-refractivity contribution in [3.63, 3.8) is 0 Å². The summed E-state index contributed by atoms with van der Waals surface area (Å²) in [5.74, 6) is 0.0489. The predicted octanol–water partition coefficient (Wildman–Crippen LogP) is 0.721. The minimum absolute atomic E-state index is 0.0489. The van der Waals surface area contributed by atoms with Gasteiger partial charge in [0.1, 0.15) is 18.0 Å². The number of primary amides is 1. The summed E-state index contributed by atoms with van der Waals surface area (Å²) in [4.78, 5) is 11.7. The van der Waals surface area contributed by atoms with Crippen LogP contribution >= 0.6 is 22.9 Å². The Morgan fingerprint density at radius 3 is 2.54 bits per heavy atom. The molecule has 0 aliphatic rings. The molecule has 0 aliphatic heterocycles. The molecule has 1 aromatic carbocycles. The summed E-state index contributed by atoms with van der Waals surface area (Å²) >= 11 is 7.51. The number of urea groups is 1. The van der Waals surface area contributed by atoms with Crippen molar-refractivity contribution >= 4 is 34.7 Å². The minimum atomic E-state index is -1.86. The summed E-state index contributed by atoms with van der Waals surface area (Å²) in [6, 6.07) is 5.71. The van der Waals surface area contributed by atoms with Gasteiger partial charge in [-0.25, -0.2) is 4.79 Å². The molecule has 2 amide bonds. The van der Waals surface area contributed by atoms with E-state index in [1.807, 2.05) is 0 Å². The average molecular weight is 433 g/mol. The number of halogens is 1. The van der Waals surface area contributed by atoms with E-state index in [0.717, 1.165) is 4.88 Å². The number of aliphatic hydroxyl groups is 5. The van der Waals surface area contributed by atoms with E-state index in [4.69, 9.17) is 27.2 Å². The maximum absolute atomic E-state index is 10.9. The Bertz CT molecular complexity index is 804. The van der Waals surface area contributed by atoms with Gasteiger partial charge in [0, 0.05) is 16.9 Å². The molecule has 4 atom stereocenters. The number of hydrogen-bond acceptors (Lipinski definition) is 8. The van der Waals surface area contributed by atoms with Gasteiger partial charge in [-0.05, 0) is 36.2 Å². The Morgan fingerprint density at radius 1 is 1.21 bits per heavy atom. The molecule has 2 aromatic rings. The predicted molar refractivity (Wildman–Crippen MR) is 104 cm³/mol. The zero-order valence-corrected chi connectivity index (χ0v) is 16.1. The number of hydrogen-bond donors (Lipinski definition) is 7. The molecule has 0 spiro atoms. The number of nitrogens with one attached hydrogen (secondary N) is 1. The molecule has 0 saturated carbocycles. The topological polar surface area (TPSA) is 166 Å². The van der Waals surface area contributed by atoms with Crippen LogP contribution in [0.3, 0.4) is 0 Å². The lowest BCUT2D eigenvalue weighted by molar-refractivity contribution is -0.166. The van der Waals surface area contributed by atoms with Gasteiger partial charge in [-0.2, -0.15) is 0 Å². The average Bonchev–Trinajstić information content (AvgIpc) is 3.09. The van der Waals surface area contributed by atoms with Crippen molar-refractivity contribution in [1.29, 1.82) is 0 Å². The van der Waals surface area contributed by atoms with Crippen LogP contribution in [0.1, 0.15) is 6.42 Å². The second kappa shape index (κ2) is 10.0. The molecule has 11 heteroatoms. The summed E-state index contributed by atoms with van der Waals surface area (Å²) in [7, 11) is 0. The van der Waals surface area contributed by atoms with E-state index in [2.05, 4.69) is 5.32 Å². The lowest BCUT2D eigenvalue weighted by Gasteiger charge is -2.26. The molecule has 0 radical (unpaired) electrons. The van der Waals surface area contributed by atoms with E-state index in [1.165, 1.54) is 17.4 Å². The van der Waals surface area contributed by atoms with Gasteiger partial charge in [-0.15, -0.1) is 11.3 Å². The van der Waals surface area contributed by atoms with E-state index >= 15 is 0 Å². The molecule has 0 aliphatic carbocycles. The van der Waals surface area contributed by atoms with Crippen LogP contribution in [0.25, 0.3) is 10.4 Å². The standard InChI is InChI=1S/C17H21ClN2O7S/c18-10-5-8(13-6-9(7-28-13)20-17(19)26)1-2-12(10)27-16(25)15(24)14(23)11(22)3-4-21/h1-2,5-7,11,14-16,21-25H,3-4H2,(H3,19,20,26). The van der Waals surface area contributed by atoms with Crippen molar-refractivity contribution in [2.24, 2.45) is 5.73 Å². The van der Waals surface area contributed by atoms with Gasteiger partial charge in [-0.1, -0.05) is 11.6 Å². The van der Waals surface area contributed by atoms with Gasteiger partial charge in [0.15, 0.2) is 0 Å². The normalized spacial score (nSPS) is 15.5. The van der Waals surface area contributed by atoms with Crippen molar-refractivity contribution in [3.05, 3.63) is 34.7 Å². The number of amides is 2. The van der Waals surface area contributed by atoms with E-state index < -0.39 is 37.2 Å². The molecule has 1 aromatic heterocycles. The molecule has 28 heavy (non-hydrogen) atoms. The fourth-order valence-corrected chi connectivity index (χ4v) is 3.41. The molecular weight excluding hydrogens is 412 g/mol. The first kappa shape index (κ1) is 22.4. The summed E-state index contributed by atoms with van der Waals surface area (Å²) < 4.78 is 5.17. The second-order valence-electron chi connectivity index (χ2n) is 5.90. The molecule has 1 heterocycles. The number of carbonyl (C=O) groups is 1. The van der Waals surface area contributed by atoms with Gasteiger partial charge in [0.2, 0.25) is 6.29 Å². The number of rotatable bonds is 9. The maximum Gasteiger partial charge on any atom is 0.316 e. The first-order chi connectivity index (χ1) is 13.2. The largest absolute Gasteiger partial charge is 0.461 e. The van der Waals surface area contributed by atoms with E-state index in [-0.39, 0.29) is 17.2 Å². The lowest BCUT2D eigenvalue weighted by Crippen LogP contribution is -2.46. The van der Waals surface area contributed by atoms with Crippen molar-refractivity contribution in [1.82, 2.24) is 0 Å². The number of ether oxygens (including phenoxy) is 1. The molecule has 154 valence electrons. The van der Waals surface area contributed by atoms with E-state index in [1.54, 1.807) is 23.6 Å². The highest BCUT2D eigenvalue weighted by Crippen LogP contribution is 2.35. The van der Waals surface area contributed by atoms with Gasteiger partial charge in [0.25, 0.3) is 0 Å². The van der Waals surface area contributed by atoms with Crippen LogP contribution in [0.5, 0.6) is 5.75 Å². The van der Waals surface area contributed by atoms with Crippen LogP contribution in [-0.4, -0.2) is 62.8 Å². The third-order valence-electron chi connectivity index (χ3n) is 3.79. The molecule has 0 bridgehead atoms. The highest BCUT2D eigenvalue weighted by Gasteiger charge is 2.31. The smallest absolute Gasteiger partial charge is 0.316 e. The highest BCUT2D eigenvalue weighted by molar-refractivity contribution is 7.14. The Kier molecular flexibility index (Phi) is 8.01. The van der Waals surface area contributed by atoms with Gasteiger partial charge >= 0.3 is 6.03 Å². The number of carbonyl (C=O) groups excluding carboxylic acids is 1. The second-order valence-corrected chi connectivity index (χ2v) is 7.22. The van der Waals surface area contributed by atoms with Gasteiger partial charge < -0.3 is 41.3 Å². The van der Waals surface area contributed by atoms with Crippen LogP contribution in [0.4, 0.5) is 10.5 Å². The summed E-state index contributed by atoms with van der Waals surface area (Å²) in [6.07, 6.45) is -7.01. The Labute approximate surface area is 169 Å². The first-order valence-corrected chi connectivity index (χ1v) is 9.43. The van der Waals surface area contributed by atoms with Crippen molar-refractivity contribution in [3.8, 4) is 16.2 Å². The molecule has 9 nitrogen and oxygen atoms in total. The van der Waals surface area contributed by atoms with E-state index in [0.29, 0.717) is 11.3 Å². The van der Waals surface area contributed by atoms with Gasteiger partial charge in [-0.3, -0.25) is 0 Å². The van der Waals surface area contributed by atoms with Crippen LogP contribution < -0.4 is 15.8 Å². The third kappa shape index (κ3) is 5.79. The Hall–Kier alpha value is -1.92. The van der Waals surface area contributed by atoms with Crippen molar-refractivity contribution < 1.29 is 35.1 Å². The van der Waals surface area contributed by atoms with Crippen LogP contribution in [0.2, 0.25) is 5.02 Å². The maximum atomic E-state index is 10.9. The van der Waals surface area contributed by atoms with Crippen LogP contribution in [0.15, 0.2) is 29.6 Å². The zero-order valence-electron chi connectivity index (χ0n) is 14.5. The summed E-state index contributed by atoms with van der Waals surface area (Å²) in [5, 5.41) is 52.2. The monoisotopic (exact) mass is 432 g/mol. The molecule has 0 saturated heterocycles. The Morgan fingerprint density at radius 2 is 1.93 bits per heavy atom. The summed E-state index contributed by atoms with van der Waals surface area (Å²) in [5.41, 5.74) is 6.33. The van der Waals surface area contributed by atoms with Crippen molar-refractivity contribution in [2.75, 3.05) is 11.9 Å². The zero-order chi connectivity index (χ0) is 20.8. The van der Waals surface area contributed by atoms with Crippen LogP contribution in [-0.2, 0) is 0 Å². The fourth-order valence-electron chi connectivity index (χ4n) is 2.34. The van der Waals surface area contributed by atoms with Gasteiger partial charge in [0.05, 0.1) is 16.8 Å². The Balaban J connectivity index is 2.07. The lowest BCUT2D eigenvalue weighted by atomic mass is 10.1. The summed E-state index contributed by atoms with van der Waals surface area (Å²) in [6.45, 7) is -0.394. The van der Waals surface area contributed by atoms with Crippen LogP contribution in [0, 0.1) is 0 Å². The SMILES string of the molecule is NC(=O)Nc1csc(-c2ccc(OC(O)C(O)C(O)C(O)CCO)c(Cl)c2)c1. The number of anilines is 1. The fraction of sp³-hybridized carbons (Fsp3) is 0.353. The molecule has 0 fully saturated rings. The highest BCUT2D eigenvalue weighted by atomic mass is 35.5. The molecule has 4 unspecified atom stereocenters. The molecule has 8 N–H and O–H groups in total. The third-order valence-corrected chi connectivity index (χ3v) is 5.07. The first-order valence-electron chi connectivity index (χ1n) is 8.17. The number of aliphatic hydroxyl groups excluding tert-OH is 5. The molecular formula is C17H21ClN2O7S. The minimum Gasteiger partial charge on any atom is -0.461 e. The van der Waals surface area contributed by atoms with Crippen molar-refractivity contribution in [2.45, 2.75) is 31.0 Å². The quantitative estimate of drug-likeness (QED) is 0.287. The number of benzene rings is 1. The number of nitrogens with two attached hydrogens (primary N) is 1. The number of thiophene rings is 1.